The average molecular weight is 627 g/mol. The van der Waals surface area contributed by atoms with E-state index in [0.29, 0.717) is 30.5 Å². The summed E-state index contributed by atoms with van der Waals surface area (Å²) in [6.45, 7) is 5.14. The van der Waals surface area contributed by atoms with Crippen LogP contribution in [0.25, 0.3) is 0 Å². The molecule has 0 fully saturated rings. The van der Waals surface area contributed by atoms with Gasteiger partial charge in [-0.1, -0.05) is 100 Å². The highest BCUT2D eigenvalue weighted by molar-refractivity contribution is 7.47. The highest BCUT2D eigenvalue weighted by atomic mass is 31.2. The second-order valence-electron chi connectivity index (χ2n) is 11.5. The average Bonchev–Trinajstić information content (AvgIpc) is 2.94. The van der Waals surface area contributed by atoms with Gasteiger partial charge >= 0.3 is 13.8 Å². The summed E-state index contributed by atoms with van der Waals surface area (Å²) in [5.74, 6) is -0.356. The topological polar surface area (TPSA) is 91.3 Å². The summed E-state index contributed by atoms with van der Waals surface area (Å²) in [7, 11) is 1.61. The van der Waals surface area contributed by atoms with Gasteiger partial charge in [-0.15, -0.1) is 0 Å². The molecule has 0 spiro atoms. The number of phosphoric ester groups is 1. The van der Waals surface area contributed by atoms with Crippen molar-refractivity contribution in [3.8, 4) is 0 Å². The van der Waals surface area contributed by atoms with Crippen LogP contribution in [0.5, 0.6) is 0 Å². The number of hydrogen-bond donors (Lipinski definition) is 1. The first-order valence-corrected chi connectivity index (χ1v) is 17.5. The number of esters is 1. The van der Waals surface area contributed by atoms with E-state index in [1.165, 1.54) is 0 Å². The molecule has 0 aliphatic carbocycles. The Bertz CT molecular complexity index is 874. The number of carbonyl (C=O) groups excluding carboxylic acids is 1. The summed E-state index contributed by atoms with van der Waals surface area (Å²) in [5.41, 5.74) is 0. The van der Waals surface area contributed by atoms with Crippen LogP contribution >= 0.6 is 7.82 Å². The number of ether oxygens (including phenoxy) is 2. The van der Waals surface area contributed by atoms with Crippen LogP contribution in [0.15, 0.2) is 60.8 Å². The third-order valence-corrected chi connectivity index (χ3v) is 7.10. The first-order chi connectivity index (χ1) is 20.6. The van der Waals surface area contributed by atoms with Crippen molar-refractivity contribution in [2.24, 2.45) is 0 Å². The normalized spacial score (nSPS) is 15.0. The Kier molecular flexibility index (Phi) is 26.6. The van der Waals surface area contributed by atoms with Gasteiger partial charge in [-0.25, -0.2) is 4.57 Å². The van der Waals surface area contributed by atoms with Crippen molar-refractivity contribution in [2.45, 2.75) is 97.0 Å². The van der Waals surface area contributed by atoms with Gasteiger partial charge in [0.2, 0.25) is 0 Å². The molecule has 0 aromatic rings. The zero-order chi connectivity index (χ0) is 32.1. The molecule has 0 saturated carbocycles. The van der Waals surface area contributed by atoms with E-state index in [2.05, 4.69) is 74.6 Å². The van der Waals surface area contributed by atoms with E-state index in [1.807, 2.05) is 21.1 Å². The maximum absolute atomic E-state index is 12.4. The molecule has 248 valence electrons. The minimum Gasteiger partial charge on any atom is -0.457 e. The number of hydrogen-bond acceptors (Lipinski definition) is 6. The van der Waals surface area contributed by atoms with Crippen LogP contribution in [0.3, 0.4) is 0 Å². The molecule has 0 saturated heterocycles. The number of phosphoric acid groups is 1. The zero-order valence-electron chi connectivity index (χ0n) is 27.7. The fraction of sp³-hybridized carbons (Fsp3) is 0.676. The molecule has 0 heterocycles. The number of nitrogens with zero attached hydrogens (tertiary/aromatic N) is 1. The standard InChI is InChI=1S/C34H60NO7P/c1-6-8-10-12-13-14-15-16-17-18-19-20-21-22-24-26-29-39-31-33(42-34(36)27-25-23-11-9-7-2)32-41-43(37,38)40-30-28-35(3,4)5/h8,10,13-14,16-17,19-20,22,24,33H,6-7,9,11-12,15,18,21,23,25-32H2,1-5H3/p+1/b10-8-,14-13-,17-16-,20-19-,24-22-. The molecule has 1 N–H and O–H groups in total. The van der Waals surface area contributed by atoms with Crippen molar-refractivity contribution in [1.82, 2.24) is 0 Å². The van der Waals surface area contributed by atoms with Crippen LogP contribution in [-0.2, 0) is 27.9 Å². The first kappa shape index (κ1) is 41.2. The second-order valence-corrected chi connectivity index (χ2v) is 12.9. The van der Waals surface area contributed by atoms with Crippen molar-refractivity contribution in [3.63, 3.8) is 0 Å². The minimum absolute atomic E-state index is 0.0727. The Morgan fingerprint density at radius 3 is 1.86 bits per heavy atom. The van der Waals surface area contributed by atoms with Gasteiger partial charge in [0.15, 0.2) is 0 Å². The van der Waals surface area contributed by atoms with Crippen molar-refractivity contribution < 1.29 is 37.3 Å². The molecule has 43 heavy (non-hydrogen) atoms. The van der Waals surface area contributed by atoms with E-state index in [0.717, 1.165) is 64.2 Å². The third-order valence-electron chi connectivity index (χ3n) is 6.11. The highest BCUT2D eigenvalue weighted by Gasteiger charge is 2.26. The molecule has 0 aliphatic rings. The van der Waals surface area contributed by atoms with Crippen LogP contribution in [0, 0.1) is 0 Å². The molecule has 2 unspecified atom stereocenters. The quantitative estimate of drug-likeness (QED) is 0.0307. The maximum atomic E-state index is 12.4. The summed E-state index contributed by atoms with van der Waals surface area (Å²) in [6.07, 6.45) is 31.7. The van der Waals surface area contributed by atoms with E-state index in [4.69, 9.17) is 18.5 Å². The summed E-state index contributed by atoms with van der Waals surface area (Å²) < 4.78 is 34.3. The summed E-state index contributed by atoms with van der Waals surface area (Å²) in [5, 5.41) is 0. The van der Waals surface area contributed by atoms with Gasteiger partial charge in [0, 0.05) is 6.42 Å². The SMILES string of the molecule is CC/C=C\C/C=C\C/C=C\C/C=C\C/C=C\CCOCC(COP(=O)(O)OCC[N+](C)(C)C)OC(=O)CCCCCCC. The van der Waals surface area contributed by atoms with Gasteiger partial charge in [-0.2, -0.15) is 0 Å². The fourth-order valence-electron chi connectivity index (χ4n) is 3.61. The Hall–Kier alpha value is -1.80. The Labute approximate surface area is 262 Å². The van der Waals surface area contributed by atoms with Crippen molar-refractivity contribution in [2.75, 3.05) is 54.1 Å². The van der Waals surface area contributed by atoms with Gasteiger partial charge in [0.05, 0.1) is 41.0 Å². The molecule has 0 amide bonds. The Morgan fingerprint density at radius 2 is 1.30 bits per heavy atom. The monoisotopic (exact) mass is 626 g/mol. The van der Waals surface area contributed by atoms with Crippen molar-refractivity contribution in [1.29, 1.82) is 0 Å². The third kappa shape index (κ3) is 31.4. The molecule has 0 radical (unpaired) electrons. The Balaban J connectivity index is 4.41. The number of rotatable bonds is 28. The van der Waals surface area contributed by atoms with E-state index in [9.17, 15) is 14.3 Å². The lowest BCUT2D eigenvalue weighted by molar-refractivity contribution is -0.870. The molecule has 2 atom stereocenters. The second kappa shape index (κ2) is 27.7. The molecule has 0 aromatic heterocycles. The van der Waals surface area contributed by atoms with Gasteiger partial charge in [0.25, 0.3) is 0 Å². The van der Waals surface area contributed by atoms with Crippen molar-refractivity contribution >= 4 is 13.8 Å². The van der Waals surface area contributed by atoms with Gasteiger partial charge in [0.1, 0.15) is 19.3 Å². The number of likely N-dealkylation sites (N-methyl/N-ethyl adjacent to an activating group) is 1. The van der Waals surface area contributed by atoms with Gasteiger partial charge in [-0.3, -0.25) is 13.8 Å². The molecule has 0 rings (SSSR count). The number of allylic oxidation sites excluding steroid dienone is 9. The van der Waals surface area contributed by atoms with Crippen LogP contribution in [0.1, 0.15) is 90.9 Å². The lowest BCUT2D eigenvalue weighted by atomic mass is 10.1. The molecule has 9 heteroatoms. The zero-order valence-corrected chi connectivity index (χ0v) is 28.6. The van der Waals surface area contributed by atoms with E-state index in [1.54, 1.807) is 0 Å². The summed E-state index contributed by atoms with van der Waals surface area (Å²) in [4.78, 5) is 22.4. The molecule has 0 aliphatic heterocycles. The van der Waals surface area contributed by atoms with Gasteiger partial charge in [-0.05, 0) is 44.9 Å². The van der Waals surface area contributed by atoms with E-state index < -0.39 is 13.9 Å². The summed E-state index contributed by atoms with van der Waals surface area (Å²) >= 11 is 0. The Morgan fingerprint density at radius 1 is 0.744 bits per heavy atom. The predicted molar refractivity (Wildman–Crippen MR) is 178 cm³/mol. The predicted octanol–water partition coefficient (Wildman–Crippen LogP) is 8.26. The first-order valence-electron chi connectivity index (χ1n) is 16.0. The van der Waals surface area contributed by atoms with E-state index in [-0.39, 0.29) is 25.8 Å². The smallest absolute Gasteiger partial charge is 0.457 e. The molecular formula is C34H61NO7P+. The molecule has 0 bridgehead atoms. The highest BCUT2D eigenvalue weighted by Crippen LogP contribution is 2.43. The van der Waals surface area contributed by atoms with E-state index >= 15 is 0 Å². The lowest BCUT2D eigenvalue weighted by Gasteiger charge is -2.24. The number of carbonyl (C=O) groups is 1. The van der Waals surface area contributed by atoms with Gasteiger partial charge < -0.3 is 18.9 Å². The number of quaternary nitrogens is 1. The minimum atomic E-state index is -4.27. The summed E-state index contributed by atoms with van der Waals surface area (Å²) in [6, 6.07) is 0. The largest absolute Gasteiger partial charge is 0.472 e. The van der Waals surface area contributed by atoms with Crippen LogP contribution in [-0.4, -0.2) is 75.6 Å². The lowest BCUT2D eigenvalue weighted by Crippen LogP contribution is -2.37. The van der Waals surface area contributed by atoms with Crippen LogP contribution in [0.4, 0.5) is 0 Å². The molecule has 0 aromatic carbocycles. The maximum Gasteiger partial charge on any atom is 0.472 e. The molecular weight excluding hydrogens is 565 g/mol. The fourth-order valence-corrected chi connectivity index (χ4v) is 4.35. The van der Waals surface area contributed by atoms with Crippen LogP contribution < -0.4 is 0 Å². The molecule has 8 nitrogen and oxygen atoms in total. The van der Waals surface area contributed by atoms with Crippen LogP contribution in [0.2, 0.25) is 0 Å². The van der Waals surface area contributed by atoms with Crippen molar-refractivity contribution in [3.05, 3.63) is 60.8 Å². The number of unbranched alkanes of at least 4 members (excludes halogenated alkanes) is 4.